The molecule has 0 saturated heterocycles. The van der Waals surface area contributed by atoms with E-state index in [2.05, 4.69) is 0 Å². The number of rotatable bonds is 2. The van der Waals surface area contributed by atoms with Crippen molar-refractivity contribution in [3.63, 3.8) is 0 Å². The SMILES string of the molecule is O[PH](O)(O)S[PH](O)(O)O. The number of hydrogen-bond acceptors (Lipinski definition) is 7. The van der Waals surface area contributed by atoms with E-state index in [1.807, 2.05) is 0 Å². The van der Waals surface area contributed by atoms with E-state index >= 15 is 0 Å². The first-order valence-corrected chi connectivity index (χ1v) is 7.70. The Morgan fingerprint density at radius 3 is 0.889 bits per heavy atom. The molecular formula is H8O6P2S. The van der Waals surface area contributed by atoms with Crippen LogP contribution in [0.15, 0.2) is 0 Å². The van der Waals surface area contributed by atoms with E-state index in [-0.39, 0.29) is 11.0 Å². The van der Waals surface area contributed by atoms with Crippen LogP contribution in [0.3, 0.4) is 0 Å². The quantitative estimate of drug-likeness (QED) is 0.298. The standard InChI is InChI=1S/H8O6P2S/c1-7(2,3)9-8(4,5)6/h1-8H. The molecule has 9 heteroatoms. The van der Waals surface area contributed by atoms with E-state index < -0.39 is 14.3 Å². The Labute approximate surface area is 55.4 Å². The molecule has 0 spiro atoms. The summed E-state index contributed by atoms with van der Waals surface area (Å²) in [5.41, 5.74) is 0. The maximum absolute atomic E-state index is 8.12. The van der Waals surface area contributed by atoms with Gasteiger partial charge in [0, 0.05) is 0 Å². The summed E-state index contributed by atoms with van der Waals surface area (Å²) >= 11 is -0.375. The summed E-state index contributed by atoms with van der Waals surface area (Å²) in [6.07, 6.45) is 0. The maximum atomic E-state index is 8.12. The van der Waals surface area contributed by atoms with Gasteiger partial charge in [-0.05, 0) is 0 Å². The molecule has 60 valence electrons. The Morgan fingerprint density at radius 1 is 0.667 bits per heavy atom. The van der Waals surface area contributed by atoms with Crippen LogP contribution in [0, 0.1) is 0 Å². The first-order valence-electron chi connectivity index (χ1n) is 1.75. The van der Waals surface area contributed by atoms with Gasteiger partial charge < -0.3 is 0 Å². The van der Waals surface area contributed by atoms with E-state index in [1.54, 1.807) is 0 Å². The van der Waals surface area contributed by atoms with Crippen molar-refractivity contribution in [1.82, 2.24) is 0 Å². The van der Waals surface area contributed by atoms with Crippen LogP contribution in [0.2, 0.25) is 0 Å². The first-order chi connectivity index (χ1) is 3.71. The molecule has 0 aliphatic carbocycles. The van der Waals surface area contributed by atoms with E-state index in [0.717, 1.165) is 0 Å². The molecule has 0 amide bonds. The van der Waals surface area contributed by atoms with Crippen LogP contribution in [0.1, 0.15) is 0 Å². The molecule has 0 radical (unpaired) electrons. The Hall–Kier alpha value is 0.970. The van der Waals surface area contributed by atoms with Crippen LogP contribution in [0.5, 0.6) is 0 Å². The van der Waals surface area contributed by atoms with Crippen LogP contribution in [0.25, 0.3) is 0 Å². The molecule has 0 unspecified atom stereocenters. The Morgan fingerprint density at radius 2 is 0.889 bits per heavy atom. The van der Waals surface area contributed by atoms with Gasteiger partial charge in [0.15, 0.2) is 0 Å². The van der Waals surface area contributed by atoms with Crippen LogP contribution in [-0.4, -0.2) is 29.4 Å². The summed E-state index contributed by atoms with van der Waals surface area (Å²) in [5.74, 6) is 0. The van der Waals surface area contributed by atoms with Gasteiger partial charge in [-0.3, -0.25) is 0 Å². The molecule has 0 atom stereocenters. The van der Waals surface area contributed by atoms with Crippen LogP contribution in [-0.2, 0) is 0 Å². The van der Waals surface area contributed by atoms with Crippen molar-refractivity contribution in [2.24, 2.45) is 0 Å². The summed E-state index contributed by atoms with van der Waals surface area (Å²) in [7, 11) is -9.13. The van der Waals surface area contributed by atoms with Crippen LogP contribution >= 0.6 is 25.3 Å². The Kier molecular flexibility index (Phi) is 3.23. The molecule has 0 aromatic rings. The second-order valence-corrected chi connectivity index (χ2v) is 9.49. The fourth-order valence-corrected chi connectivity index (χ4v) is 4.96. The topological polar surface area (TPSA) is 121 Å². The minimum atomic E-state index is -4.56. The first kappa shape index (κ1) is 9.97. The molecule has 0 aromatic carbocycles. The monoisotopic (exact) mass is 198 g/mol. The van der Waals surface area contributed by atoms with Gasteiger partial charge in [0.2, 0.25) is 0 Å². The molecule has 0 aliphatic rings. The van der Waals surface area contributed by atoms with Crippen molar-refractivity contribution >= 4 is 25.3 Å². The Balaban J connectivity index is 3.75. The van der Waals surface area contributed by atoms with Gasteiger partial charge in [0.25, 0.3) is 0 Å². The minimum absolute atomic E-state index is 0.375. The van der Waals surface area contributed by atoms with E-state index in [9.17, 15) is 0 Å². The van der Waals surface area contributed by atoms with Crippen molar-refractivity contribution in [3.05, 3.63) is 0 Å². The molecular weight excluding hydrogens is 190 g/mol. The van der Waals surface area contributed by atoms with Gasteiger partial charge in [-0.2, -0.15) is 0 Å². The zero-order chi connectivity index (χ0) is 7.71. The normalized spacial score (nSPS) is 17.6. The Bertz CT molecular complexity index is 76.2. The molecule has 6 nitrogen and oxygen atoms in total. The van der Waals surface area contributed by atoms with Gasteiger partial charge >= 0.3 is 54.7 Å². The van der Waals surface area contributed by atoms with E-state index in [1.165, 1.54) is 0 Å². The third-order valence-electron chi connectivity index (χ3n) is 0.274. The molecule has 0 fully saturated rings. The molecule has 6 N–H and O–H groups in total. The van der Waals surface area contributed by atoms with Gasteiger partial charge in [0.05, 0.1) is 0 Å². The third-order valence-corrected chi connectivity index (χ3v) is 7.39. The van der Waals surface area contributed by atoms with Crippen LogP contribution < -0.4 is 0 Å². The van der Waals surface area contributed by atoms with Gasteiger partial charge in [-0.15, -0.1) is 0 Å². The summed E-state index contributed by atoms with van der Waals surface area (Å²) in [6.45, 7) is 0. The molecule has 0 aliphatic heterocycles. The molecule has 0 saturated carbocycles. The second kappa shape index (κ2) is 2.92. The number of hydrogen-bond donors (Lipinski definition) is 6. The molecule has 0 aromatic heterocycles. The van der Waals surface area contributed by atoms with Gasteiger partial charge in [-0.1, -0.05) is 0 Å². The predicted molar refractivity (Wildman–Crippen MR) is 37.5 cm³/mol. The zero-order valence-corrected chi connectivity index (χ0v) is 6.91. The van der Waals surface area contributed by atoms with Crippen molar-refractivity contribution in [1.29, 1.82) is 0 Å². The van der Waals surface area contributed by atoms with E-state index in [0.29, 0.717) is 0 Å². The third kappa shape index (κ3) is 8.97. The fourth-order valence-electron chi connectivity index (χ4n) is 0.184. The predicted octanol–water partition coefficient (Wildman–Crippen LogP) is -1.51. The summed E-state index contributed by atoms with van der Waals surface area (Å²) in [6, 6.07) is 0. The van der Waals surface area contributed by atoms with Gasteiger partial charge in [0.1, 0.15) is 0 Å². The summed E-state index contributed by atoms with van der Waals surface area (Å²) in [5, 5.41) is 0. The van der Waals surface area contributed by atoms with Crippen molar-refractivity contribution < 1.29 is 29.4 Å². The van der Waals surface area contributed by atoms with Crippen molar-refractivity contribution in [2.75, 3.05) is 0 Å². The molecule has 9 heavy (non-hydrogen) atoms. The summed E-state index contributed by atoms with van der Waals surface area (Å²) in [4.78, 5) is 48.7. The fraction of sp³-hybridized carbons (Fsp3) is 0. The van der Waals surface area contributed by atoms with Gasteiger partial charge in [-0.25, -0.2) is 0 Å². The molecule has 0 bridgehead atoms. The summed E-state index contributed by atoms with van der Waals surface area (Å²) < 4.78 is 0. The average molecular weight is 198 g/mol. The van der Waals surface area contributed by atoms with Crippen molar-refractivity contribution in [2.45, 2.75) is 0 Å². The zero-order valence-electron chi connectivity index (χ0n) is 4.09. The average Bonchev–Trinajstić information content (AvgIpc) is 1.14. The van der Waals surface area contributed by atoms with Crippen molar-refractivity contribution in [3.8, 4) is 0 Å². The second-order valence-electron chi connectivity index (χ2n) is 1.25. The molecule has 0 heterocycles. The van der Waals surface area contributed by atoms with E-state index in [4.69, 9.17) is 29.4 Å². The molecule has 0 rings (SSSR count). The van der Waals surface area contributed by atoms with Crippen LogP contribution in [0.4, 0.5) is 0 Å².